The molecule has 0 amide bonds. The van der Waals surface area contributed by atoms with E-state index in [0.717, 1.165) is 29.9 Å². The van der Waals surface area contributed by atoms with Gasteiger partial charge in [0, 0.05) is 17.9 Å². The van der Waals surface area contributed by atoms with Crippen LogP contribution in [-0.4, -0.2) is 48.1 Å². The summed E-state index contributed by atoms with van der Waals surface area (Å²) in [5.74, 6) is 0.108. The van der Waals surface area contributed by atoms with Crippen molar-refractivity contribution >= 4 is 17.3 Å². The Bertz CT molecular complexity index is 859. The summed E-state index contributed by atoms with van der Waals surface area (Å²) in [7, 11) is 4.40. The molecule has 1 atom stereocenters. The number of aromatic hydroxyl groups is 1. The summed E-state index contributed by atoms with van der Waals surface area (Å²) in [4.78, 5) is 4.85. The van der Waals surface area contributed by atoms with E-state index in [1.807, 2.05) is 18.3 Å². The molecule has 5 heteroatoms. The van der Waals surface area contributed by atoms with Crippen molar-refractivity contribution in [3.05, 3.63) is 59.3 Å². The highest BCUT2D eigenvalue weighted by Gasteiger charge is 2.28. The first-order chi connectivity index (χ1) is 13.0. The van der Waals surface area contributed by atoms with Crippen LogP contribution < -0.4 is 5.32 Å². The Labute approximate surface area is 166 Å². The number of nitrogens with one attached hydrogen (secondary N) is 1. The van der Waals surface area contributed by atoms with E-state index in [-0.39, 0.29) is 11.8 Å². The Hall–Kier alpha value is -2.01. The topological polar surface area (TPSA) is 38.7 Å². The van der Waals surface area contributed by atoms with Gasteiger partial charge in [-0.1, -0.05) is 23.7 Å². The van der Waals surface area contributed by atoms with Gasteiger partial charge in [-0.15, -0.1) is 0 Å². The molecule has 2 aromatic carbocycles. The Kier molecular flexibility index (Phi) is 5.13. The number of likely N-dealkylation sites (tertiary alicyclic amines) is 1. The second-order valence-corrected chi connectivity index (χ2v) is 7.93. The zero-order chi connectivity index (χ0) is 19.0. The largest absolute Gasteiger partial charge is 0.506 e. The van der Waals surface area contributed by atoms with E-state index in [4.69, 9.17) is 11.6 Å². The van der Waals surface area contributed by atoms with Crippen molar-refractivity contribution in [1.29, 1.82) is 0 Å². The van der Waals surface area contributed by atoms with Crippen LogP contribution in [0.3, 0.4) is 0 Å². The lowest BCUT2D eigenvalue weighted by Crippen LogP contribution is -2.43. The summed E-state index contributed by atoms with van der Waals surface area (Å²) >= 11 is 6.11. The molecule has 141 valence electrons. The third kappa shape index (κ3) is 3.70. The maximum absolute atomic E-state index is 9.69. The van der Waals surface area contributed by atoms with Crippen LogP contribution in [0, 0.1) is 6.08 Å². The minimum Gasteiger partial charge on any atom is -0.506 e. The normalized spacial score (nSPS) is 20.5. The molecule has 0 saturated carbocycles. The molecule has 1 fully saturated rings. The molecular formula is C22H25ClN3O. The Morgan fingerprint density at radius 2 is 1.85 bits per heavy atom. The molecule has 0 aromatic heterocycles. The molecule has 0 aliphatic carbocycles. The second-order valence-electron chi connectivity index (χ2n) is 7.53. The minimum atomic E-state index is 0.108. The Morgan fingerprint density at radius 1 is 1.15 bits per heavy atom. The van der Waals surface area contributed by atoms with E-state index in [0.29, 0.717) is 11.1 Å². The van der Waals surface area contributed by atoms with Gasteiger partial charge in [-0.25, -0.2) is 0 Å². The quantitative estimate of drug-likeness (QED) is 0.818. The first-order valence-corrected chi connectivity index (χ1v) is 9.78. The van der Waals surface area contributed by atoms with Gasteiger partial charge in [0.05, 0.1) is 11.1 Å². The van der Waals surface area contributed by atoms with Crippen LogP contribution in [0.4, 0.5) is 5.69 Å². The molecule has 2 aliphatic rings. The Morgan fingerprint density at radius 3 is 2.59 bits per heavy atom. The van der Waals surface area contributed by atoms with E-state index in [1.165, 1.54) is 18.4 Å². The number of phenolic OH excluding ortho intramolecular Hbond substituents is 1. The van der Waals surface area contributed by atoms with Crippen LogP contribution in [-0.2, 0) is 0 Å². The summed E-state index contributed by atoms with van der Waals surface area (Å²) in [6, 6.07) is 12.4. The Balaban J connectivity index is 1.64. The summed E-state index contributed by atoms with van der Waals surface area (Å²) in [5, 5.41) is 13.4. The molecule has 1 radical (unpaired) electrons. The highest BCUT2D eigenvalue weighted by molar-refractivity contribution is 6.32. The van der Waals surface area contributed by atoms with Crippen LogP contribution in [0.1, 0.15) is 24.4 Å². The average Bonchev–Trinajstić information content (AvgIpc) is 2.69. The van der Waals surface area contributed by atoms with E-state index in [2.05, 4.69) is 53.5 Å². The number of rotatable bonds is 3. The van der Waals surface area contributed by atoms with Crippen LogP contribution in [0.2, 0.25) is 5.02 Å². The lowest BCUT2D eigenvalue weighted by atomic mass is 9.93. The zero-order valence-corrected chi connectivity index (χ0v) is 16.5. The van der Waals surface area contributed by atoms with Crippen molar-refractivity contribution < 1.29 is 5.11 Å². The third-order valence-corrected chi connectivity index (χ3v) is 6.07. The van der Waals surface area contributed by atoms with E-state index >= 15 is 0 Å². The summed E-state index contributed by atoms with van der Waals surface area (Å²) in [6.07, 6.45) is 7.78. The van der Waals surface area contributed by atoms with Gasteiger partial charge in [-0.2, -0.15) is 0 Å². The summed E-state index contributed by atoms with van der Waals surface area (Å²) in [6.45, 7) is 2.28. The predicted octanol–water partition coefficient (Wildman–Crippen LogP) is 4.52. The van der Waals surface area contributed by atoms with E-state index < -0.39 is 0 Å². The van der Waals surface area contributed by atoms with Gasteiger partial charge < -0.3 is 15.3 Å². The number of hydrogen-bond acceptors (Lipinski definition) is 4. The van der Waals surface area contributed by atoms with Crippen molar-refractivity contribution in [3.8, 4) is 16.9 Å². The fourth-order valence-electron chi connectivity index (χ4n) is 4.02. The summed E-state index contributed by atoms with van der Waals surface area (Å²) in [5.41, 5.74) is 4.42. The number of likely N-dealkylation sites (N-methyl/N-ethyl adjacent to an activating group) is 1. The standard InChI is InChI=1S/C22H25ClN3O/c1-25-11-8-17(9-12-25)26(2)21-7-10-24-20-5-3-15(13-18(20)21)16-4-6-22(27)19(23)14-16/h3-6,10,13-14,17,21,24,27H,8-9,11-12H2,1-2H3. The molecule has 0 bridgehead atoms. The SMILES string of the molecule is CN1CCC(N(C)C2[C]=CNc3ccc(-c4ccc(O)c(Cl)c4)cc32)CC1. The monoisotopic (exact) mass is 382 g/mol. The zero-order valence-electron chi connectivity index (χ0n) is 15.7. The van der Waals surface area contributed by atoms with Crippen molar-refractivity contribution in [2.75, 3.05) is 32.5 Å². The van der Waals surface area contributed by atoms with Crippen molar-refractivity contribution in [1.82, 2.24) is 9.80 Å². The highest BCUT2D eigenvalue weighted by atomic mass is 35.5. The van der Waals surface area contributed by atoms with Gasteiger partial charge in [0.25, 0.3) is 0 Å². The molecule has 0 spiro atoms. The third-order valence-electron chi connectivity index (χ3n) is 5.77. The van der Waals surface area contributed by atoms with Crippen molar-refractivity contribution in [2.45, 2.75) is 24.9 Å². The predicted molar refractivity (Wildman–Crippen MR) is 111 cm³/mol. The lowest BCUT2D eigenvalue weighted by Gasteiger charge is -2.39. The fraction of sp³-hybridized carbons (Fsp3) is 0.364. The number of halogens is 1. The highest BCUT2D eigenvalue weighted by Crippen LogP contribution is 2.37. The summed E-state index contributed by atoms with van der Waals surface area (Å²) < 4.78 is 0. The average molecular weight is 383 g/mol. The number of benzene rings is 2. The number of fused-ring (bicyclic) bond motifs is 1. The molecule has 4 rings (SSSR count). The molecule has 27 heavy (non-hydrogen) atoms. The van der Waals surface area contributed by atoms with Gasteiger partial charge >= 0.3 is 0 Å². The van der Waals surface area contributed by atoms with Gasteiger partial charge in [0.2, 0.25) is 0 Å². The number of anilines is 1. The van der Waals surface area contributed by atoms with Crippen molar-refractivity contribution in [2.24, 2.45) is 0 Å². The maximum Gasteiger partial charge on any atom is 0.134 e. The van der Waals surface area contributed by atoms with Gasteiger partial charge in [0.15, 0.2) is 0 Å². The first kappa shape index (κ1) is 18.4. The van der Waals surface area contributed by atoms with E-state index in [9.17, 15) is 5.11 Å². The number of phenols is 1. The fourth-order valence-corrected chi connectivity index (χ4v) is 4.21. The second kappa shape index (κ2) is 7.55. The lowest BCUT2D eigenvalue weighted by molar-refractivity contribution is 0.121. The molecular weight excluding hydrogens is 358 g/mol. The van der Waals surface area contributed by atoms with Crippen molar-refractivity contribution in [3.63, 3.8) is 0 Å². The van der Waals surface area contributed by atoms with Crippen LogP contribution in [0.15, 0.2) is 42.6 Å². The van der Waals surface area contributed by atoms with Crippen LogP contribution in [0.25, 0.3) is 11.1 Å². The molecule has 2 aromatic rings. The molecule has 4 nitrogen and oxygen atoms in total. The number of piperidine rings is 1. The van der Waals surface area contributed by atoms with Gasteiger partial charge in [0.1, 0.15) is 5.75 Å². The number of nitrogens with zero attached hydrogens (tertiary/aromatic N) is 2. The molecule has 2 N–H and O–H groups in total. The molecule has 1 unspecified atom stereocenters. The van der Waals surface area contributed by atoms with Gasteiger partial charge in [-0.3, -0.25) is 4.90 Å². The molecule has 1 saturated heterocycles. The first-order valence-electron chi connectivity index (χ1n) is 9.40. The van der Waals surface area contributed by atoms with Crippen LogP contribution >= 0.6 is 11.6 Å². The smallest absolute Gasteiger partial charge is 0.134 e. The van der Waals surface area contributed by atoms with Crippen LogP contribution in [0.5, 0.6) is 5.75 Å². The van der Waals surface area contributed by atoms with Gasteiger partial charge in [-0.05, 0) is 87.1 Å². The maximum atomic E-state index is 9.69. The molecule has 2 heterocycles. The minimum absolute atomic E-state index is 0.108. The number of hydrogen-bond donors (Lipinski definition) is 2. The molecule has 2 aliphatic heterocycles. The van der Waals surface area contributed by atoms with E-state index in [1.54, 1.807) is 6.07 Å².